The Balaban J connectivity index is 1.95. The van der Waals surface area contributed by atoms with E-state index in [9.17, 15) is 4.79 Å². The van der Waals surface area contributed by atoms with Crippen LogP contribution >= 0.6 is 0 Å². The van der Waals surface area contributed by atoms with Crippen molar-refractivity contribution in [3.63, 3.8) is 0 Å². The van der Waals surface area contributed by atoms with E-state index >= 15 is 0 Å². The average Bonchev–Trinajstić information content (AvgIpc) is 2.69. The van der Waals surface area contributed by atoms with Crippen molar-refractivity contribution in [2.45, 2.75) is 32.0 Å². The predicted octanol–water partition coefficient (Wildman–Crippen LogP) is 3.78. The first kappa shape index (κ1) is 19.9. The molecular formula is C21H26O5. The number of rotatable bonds is 12. The van der Waals surface area contributed by atoms with Crippen LogP contribution in [0.25, 0.3) is 0 Å². The number of aryl methyl sites for hydroxylation is 1. The number of methoxy groups -OCH3 is 2. The number of ether oxygens (including phenoxy) is 4. The van der Waals surface area contributed by atoms with Crippen LogP contribution in [0.3, 0.4) is 0 Å². The van der Waals surface area contributed by atoms with Crippen molar-refractivity contribution in [1.82, 2.24) is 0 Å². The van der Waals surface area contributed by atoms with Crippen LogP contribution in [-0.4, -0.2) is 33.4 Å². The van der Waals surface area contributed by atoms with Crippen LogP contribution in [0.5, 0.6) is 11.5 Å². The lowest BCUT2D eigenvalue weighted by Gasteiger charge is -2.16. The Hall–Kier alpha value is -2.37. The zero-order valence-corrected chi connectivity index (χ0v) is 15.4. The summed E-state index contributed by atoms with van der Waals surface area (Å²) >= 11 is 0. The number of carbonyl (C=O) groups excluding carboxylic acids is 1. The molecule has 5 heteroatoms. The Morgan fingerprint density at radius 2 is 1.81 bits per heavy atom. The van der Waals surface area contributed by atoms with Crippen LogP contribution in [0, 0.1) is 0 Å². The lowest BCUT2D eigenvalue weighted by atomic mass is 10.0. The van der Waals surface area contributed by atoms with E-state index in [2.05, 4.69) is 0 Å². The van der Waals surface area contributed by atoms with Crippen LogP contribution in [0.15, 0.2) is 48.5 Å². The van der Waals surface area contributed by atoms with Crippen molar-refractivity contribution in [3.8, 4) is 11.5 Å². The standard InChI is InChI=1S/C21H26O5/c1-23-16-26-19(12-13-22)10-8-17-9-11-20(21(14-17)24-2)25-15-18-6-4-3-5-7-18/h3-7,9,11,13-14,19H,8,10,12,15-16H2,1-2H3/t19-/m0/s1. The summed E-state index contributed by atoms with van der Waals surface area (Å²) in [6.45, 7) is 0.677. The predicted molar refractivity (Wildman–Crippen MR) is 99.5 cm³/mol. The van der Waals surface area contributed by atoms with Crippen molar-refractivity contribution < 1.29 is 23.7 Å². The molecule has 0 saturated carbocycles. The Morgan fingerprint density at radius 1 is 1.00 bits per heavy atom. The molecular weight excluding hydrogens is 332 g/mol. The monoisotopic (exact) mass is 358 g/mol. The van der Waals surface area contributed by atoms with Gasteiger partial charge in [0.1, 0.15) is 19.7 Å². The quantitative estimate of drug-likeness (QED) is 0.427. The minimum Gasteiger partial charge on any atom is -0.493 e. The second kappa shape index (κ2) is 11.3. The Labute approximate surface area is 154 Å². The van der Waals surface area contributed by atoms with Gasteiger partial charge in [0.15, 0.2) is 11.5 Å². The molecule has 0 N–H and O–H groups in total. The topological polar surface area (TPSA) is 54.0 Å². The van der Waals surface area contributed by atoms with Crippen molar-refractivity contribution in [2.75, 3.05) is 21.0 Å². The highest BCUT2D eigenvalue weighted by Crippen LogP contribution is 2.29. The summed E-state index contributed by atoms with van der Waals surface area (Å²) in [7, 11) is 3.20. The first-order valence-electron chi connectivity index (χ1n) is 8.64. The smallest absolute Gasteiger partial charge is 0.161 e. The zero-order valence-electron chi connectivity index (χ0n) is 15.4. The second-order valence-corrected chi connectivity index (χ2v) is 5.90. The molecule has 26 heavy (non-hydrogen) atoms. The maximum atomic E-state index is 10.8. The fourth-order valence-electron chi connectivity index (χ4n) is 2.59. The van der Waals surface area contributed by atoms with Gasteiger partial charge in [-0.1, -0.05) is 36.4 Å². The summed E-state index contributed by atoms with van der Waals surface area (Å²) in [5, 5.41) is 0. The lowest BCUT2D eigenvalue weighted by Crippen LogP contribution is -2.16. The van der Waals surface area contributed by atoms with Crippen LogP contribution < -0.4 is 9.47 Å². The average molecular weight is 358 g/mol. The summed E-state index contributed by atoms with van der Waals surface area (Å²) < 4.78 is 21.8. The largest absolute Gasteiger partial charge is 0.493 e. The third kappa shape index (κ3) is 6.50. The molecule has 0 aliphatic heterocycles. The molecule has 0 aliphatic rings. The minimum absolute atomic E-state index is 0.146. The van der Waals surface area contributed by atoms with E-state index in [0.717, 1.165) is 30.3 Å². The molecule has 1 atom stereocenters. The van der Waals surface area contributed by atoms with Gasteiger partial charge in [-0.3, -0.25) is 0 Å². The van der Waals surface area contributed by atoms with Crippen LogP contribution in [-0.2, 0) is 27.3 Å². The molecule has 0 bridgehead atoms. The lowest BCUT2D eigenvalue weighted by molar-refractivity contribution is -0.115. The van der Waals surface area contributed by atoms with E-state index in [1.54, 1.807) is 14.2 Å². The molecule has 2 rings (SSSR count). The van der Waals surface area contributed by atoms with E-state index in [1.165, 1.54) is 0 Å². The molecule has 0 aromatic heterocycles. The SMILES string of the molecule is COCO[C@H](CC=O)CCc1ccc(OCc2ccccc2)c(OC)c1. The highest BCUT2D eigenvalue weighted by atomic mass is 16.7. The molecule has 0 unspecified atom stereocenters. The van der Waals surface area contributed by atoms with Gasteiger partial charge in [-0.05, 0) is 36.1 Å². The summed E-state index contributed by atoms with van der Waals surface area (Å²) in [5.74, 6) is 1.41. The second-order valence-electron chi connectivity index (χ2n) is 5.90. The molecule has 5 nitrogen and oxygen atoms in total. The van der Waals surface area contributed by atoms with Gasteiger partial charge in [-0.25, -0.2) is 0 Å². The molecule has 0 saturated heterocycles. The van der Waals surface area contributed by atoms with Gasteiger partial charge in [0.2, 0.25) is 0 Å². The summed E-state index contributed by atoms with van der Waals surface area (Å²) in [4.78, 5) is 10.8. The molecule has 0 amide bonds. The third-order valence-corrected chi connectivity index (χ3v) is 4.00. The first-order valence-corrected chi connectivity index (χ1v) is 8.64. The van der Waals surface area contributed by atoms with Gasteiger partial charge in [0.25, 0.3) is 0 Å². The Morgan fingerprint density at radius 3 is 2.50 bits per heavy atom. The van der Waals surface area contributed by atoms with Crippen LogP contribution in [0.4, 0.5) is 0 Å². The van der Waals surface area contributed by atoms with Crippen LogP contribution in [0.1, 0.15) is 24.0 Å². The van der Waals surface area contributed by atoms with Crippen molar-refractivity contribution in [3.05, 3.63) is 59.7 Å². The van der Waals surface area contributed by atoms with Crippen LogP contribution in [0.2, 0.25) is 0 Å². The van der Waals surface area contributed by atoms with Crippen molar-refractivity contribution >= 4 is 6.29 Å². The number of carbonyl (C=O) groups is 1. The maximum absolute atomic E-state index is 10.8. The van der Waals surface area contributed by atoms with E-state index < -0.39 is 0 Å². The van der Waals surface area contributed by atoms with E-state index in [0.29, 0.717) is 24.5 Å². The Bertz CT molecular complexity index is 657. The molecule has 0 aliphatic carbocycles. The number of hydrogen-bond donors (Lipinski definition) is 0. The van der Waals surface area contributed by atoms with Crippen molar-refractivity contribution in [2.24, 2.45) is 0 Å². The molecule has 2 aromatic carbocycles. The van der Waals surface area contributed by atoms with E-state index in [-0.39, 0.29) is 12.9 Å². The minimum atomic E-state index is -0.146. The van der Waals surface area contributed by atoms with Gasteiger partial charge in [-0.2, -0.15) is 0 Å². The highest BCUT2D eigenvalue weighted by Gasteiger charge is 2.11. The first-order chi connectivity index (χ1) is 12.8. The molecule has 2 aromatic rings. The van der Waals surface area contributed by atoms with E-state index in [1.807, 2.05) is 48.5 Å². The summed E-state index contributed by atoms with van der Waals surface area (Å²) in [6.07, 6.45) is 2.60. The van der Waals surface area contributed by atoms with E-state index in [4.69, 9.17) is 18.9 Å². The molecule has 0 spiro atoms. The zero-order chi connectivity index (χ0) is 18.6. The molecule has 0 heterocycles. The fraction of sp³-hybridized carbons (Fsp3) is 0.381. The van der Waals surface area contributed by atoms with Crippen molar-refractivity contribution in [1.29, 1.82) is 0 Å². The van der Waals surface area contributed by atoms with Gasteiger partial charge in [0.05, 0.1) is 13.2 Å². The fourth-order valence-corrected chi connectivity index (χ4v) is 2.59. The van der Waals surface area contributed by atoms with Gasteiger partial charge in [0, 0.05) is 13.5 Å². The Kier molecular flexibility index (Phi) is 8.66. The molecule has 140 valence electrons. The number of aldehydes is 1. The number of benzene rings is 2. The normalized spacial score (nSPS) is 11.8. The summed E-state index contributed by atoms with van der Waals surface area (Å²) in [5.41, 5.74) is 2.21. The molecule has 0 radical (unpaired) electrons. The van der Waals surface area contributed by atoms with Gasteiger partial charge < -0.3 is 23.7 Å². The molecule has 0 fully saturated rings. The highest BCUT2D eigenvalue weighted by molar-refractivity contribution is 5.50. The van der Waals surface area contributed by atoms with Gasteiger partial charge in [-0.15, -0.1) is 0 Å². The third-order valence-electron chi connectivity index (χ3n) is 4.00. The maximum Gasteiger partial charge on any atom is 0.161 e. The summed E-state index contributed by atoms with van der Waals surface area (Å²) in [6, 6.07) is 15.9. The number of hydrogen-bond acceptors (Lipinski definition) is 5. The van der Waals surface area contributed by atoms with Gasteiger partial charge >= 0.3 is 0 Å².